The zero-order chi connectivity index (χ0) is 25.7. The highest BCUT2D eigenvalue weighted by Gasteiger charge is 2.30. The number of nitrogens with one attached hydrogen (secondary N) is 2. The third kappa shape index (κ3) is 6.14. The van der Waals surface area contributed by atoms with E-state index in [1.54, 1.807) is 31.6 Å². The monoisotopic (exact) mass is 494 g/mol. The lowest BCUT2D eigenvalue weighted by Crippen LogP contribution is -2.35. The second-order valence-electron chi connectivity index (χ2n) is 8.41. The molecule has 0 saturated carbocycles. The maximum absolute atomic E-state index is 13.2. The summed E-state index contributed by atoms with van der Waals surface area (Å²) in [6, 6.07) is 17.1. The topological polar surface area (TPSA) is 84.7 Å². The lowest BCUT2D eigenvalue weighted by atomic mass is 9.98. The Balaban J connectivity index is 1.45. The third-order valence-electron chi connectivity index (χ3n) is 5.74. The summed E-state index contributed by atoms with van der Waals surface area (Å²) in [6.45, 7) is 2.26. The van der Waals surface area contributed by atoms with Gasteiger partial charge in [-0.1, -0.05) is 49.4 Å². The summed E-state index contributed by atoms with van der Waals surface area (Å²) >= 11 is 0. The van der Waals surface area contributed by atoms with Gasteiger partial charge in [0.25, 0.3) is 0 Å². The van der Waals surface area contributed by atoms with E-state index in [2.05, 4.69) is 25.8 Å². The second kappa shape index (κ2) is 10.7. The van der Waals surface area contributed by atoms with Gasteiger partial charge >= 0.3 is 6.18 Å². The summed E-state index contributed by atoms with van der Waals surface area (Å²) < 4.78 is 38.6. The normalized spacial score (nSPS) is 13.2. The summed E-state index contributed by atoms with van der Waals surface area (Å²) in [7, 11) is 1.72. The van der Waals surface area contributed by atoms with Gasteiger partial charge in [0, 0.05) is 25.4 Å². The fraction of sp³-hybridized carbons (Fsp3) is 0.231. The molecule has 2 N–H and O–H groups in total. The molecule has 0 spiro atoms. The SMILES string of the molecule is C[C@@H](CN[C@H](C(=O)Nc1ccc(-c2cnn(C)n2)cn1)c1ccccc1)c1ccc(C(F)(F)F)cc1. The van der Waals surface area contributed by atoms with Crippen molar-refractivity contribution in [3.05, 3.63) is 95.8 Å². The number of hydrogen-bond donors (Lipinski definition) is 2. The van der Waals surface area contributed by atoms with E-state index in [1.165, 1.54) is 16.9 Å². The highest BCUT2D eigenvalue weighted by atomic mass is 19.4. The minimum absolute atomic E-state index is 0.129. The Kier molecular flexibility index (Phi) is 7.44. The highest BCUT2D eigenvalue weighted by molar-refractivity contribution is 5.94. The van der Waals surface area contributed by atoms with Crippen LogP contribution < -0.4 is 10.6 Å². The first-order chi connectivity index (χ1) is 17.2. The maximum atomic E-state index is 13.2. The lowest BCUT2D eigenvalue weighted by molar-refractivity contribution is -0.137. The van der Waals surface area contributed by atoms with Crippen LogP contribution in [0, 0.1) is 0 Å². The molecule has 0 unspecified atom stereocenters. The Morgan fingerprint density at radius 3 is 2.28 bits per heavy atom. The zero-order valence-corrected chi connectivity index (χ0v) is 19.7. The molecule has 36 heavy (non-hydrogen) atoms. The van der Waals surface area contributed by atoms with Crippen molar-refractivity contribution in [2.45, 2.75) is 25.1 Å². The lowest BCUT2D eigenvalue weighted by Gasteiger charge is -2.21. The Labute approximate surface area is 206 Å². The van der Waals surface area contributed by atoms with Crippen LogP contribution in [0.25, 0.3) is 11.3 Å². The predicted octanol–water partition coefficient (Wildman–Crippen LogP) is 4.97. The van der Waals surface area contributed by atoms with Crippen LogP contribution >= 0.6 is 0 Å². The average Bonchev–Trinajstić information content (AvgIpc) is 3.31. The molecule has 0 fully saturated rings. The van der Waals surface area contributed by atoms with Gasteiger partial charge in [0.1, 0.15) is 17.6 Å². The number of pyridine rings is 1. The van der Waals surface area contributed by atoms with Crippen molar-refractivity contribution in [1.82, 2.24) is 25.3 Å². The van der Waals surface area contributed by atoms with Gasteiger partial charge in [-0.05, 0) is 41.3 Å². The fourth-order valence-electron chi connectivity index (χ4n) is 3.72. The van der Waals surface area contributed by atoms with Gasteiger partial charge in [-0.15, -0.1) is 0 Å². The molecule has 186 valence electrons. The number of anilines is 1. The summed E-state index contributed by atoms with van der Waals surface area (Å²) in [6.07, 6.45) is -1.14. The minimum atomic E-state index is -4.38. The fourth-order valence-corrected chi connectivity index (χ4v) is 3.72. The van der Waals surface area contributed by atoms with E-state index in [0.717, 1.165) is 28.8 Å². The van der Waals surface area contributed by atoms with Gasteiger partial charge in [0.2, 0.25) is 5.91 Å². The molecule has 0 bridgehead atoms. The van der Waals surface area contributed by atoms with Gasteiger partial charge in [-0.25, -0.2) is 4.98 Å². The largest absolute Gasteiger partial charge is 0.416 e. The van der Waals surface area contributed by atoms with E-state index in [4.69, 9.17) is 0 Å². The van der Waals surface area contributed by atoms with E-state index in [0.29, 0.717) is 18.1 Å². The predicted molar refractivity (Wildman–Crippen MR) is 130 cm³/mol. The first kappa shape index (κ1) is 25.1. The molecule has 7 nitrogen and oxygen atoms in total. The Morgan fingerprint density at radius 1 is 0.972 bits per heavy atom. The molecule has 2 heterocycles. The number of rotatable bonds is 8. The molecule has 0 aliphatic rings. The van der Waals surface area contributed by atoms with Crippen molar-refractivity contribution in [1.29, 1.82) is 0 Å². The summed E-state index contributed by atoms with van der Waals surface area (Å²) in [5, 5.41) is 14.4. The Hall–Kier alpha value is -4.05. The zero-order valence-electron chi connectivity index (χ0n) is 19.7. The number of halogens is 3. The second-order valence-corrected chi connectivity index (χ2v) is 8.41. The van der Waals surface area contributed by atoms with Crippen molar-refractivity contribution in [3.63, 3.8) is 0 Å². The Bertz CT molecular complexity index is 1290. The summed E-state index contributed by atoms with van der Waals surface area (Å²) in [4.78, 5) is 19.0. The molecule has 10 heteroatoms. The van der Waals surface area contributed by atoms with Crippen LogP contribution in [0.1, 0.15) is 35.6 Å². The van der Waals surface area contributed by atoms with Crippen molar-refractivity contribution in [2.75, 3.05) is 11.9 Å². The number of aryl methyl sites for hydroxylation is 1. The molecule has 0 aliphatic carbocycles. The maximum Gasteiger partial charge on any atom is 0.416 e. The number of benzene rings is 2. The third-order valence-corrected chi connectivity index (χ3v) is 5.74. The van der Waals surface area contributed by atoms with Crippen LogP contribution in [-0.4, -0.2) is 32.4 Å². The van der Waals surface area contributed by atoms with E-state index in [9.17, 15) is 18.0 Å². The first-order valence-corrected chi connectivity index (χ1v) is 11.3. The molecule has 4 aromatic rings. The number of hydrogen-bond acceptors (Lipinski definition) is 5. The molecule has 2 atom stereocenters. The number of nitrogens with zero attached hydrogens (tertiary/aromatic N) is 4. The molecular formula is C26H25F3N6O. The quantitative estimate of drug-likeness (QED) is 0.361. The average molecular weight is 495 g/mol. The van der Waals surface area contributed by atoms with E-state index >= 15 is 0 Å². The molecule has 0 aliphatic heterocycles. The van der Waals surface area contributed by atoms with Crippen LogP contribution in [0.3, 0.4) is 0 Å². The standard InChI is InChI=1S/C26H25F3N6O/c1-17(18-8-11-21(12-9-18)26(27,28)29)14-31-24(19-6-4-3-5-7-19)25(36)33-23-13-10-20(15-30-23)22-16-32-35(2)34-22/h3-13,15-17,24,31H,14H2,1-2H3,(H,30,33,36)/t17-,24-/m0/s1. The van der Waals surface area contributed by atoms with Crippen molar-refractivity contribution >= 4 is 11.7 Å². The first-order valence-electron chi connectivity index (χ1n) is 11.3. The van der Waals surface area contributed by atoms with Crippen LogP contribution in [0.15, 0.2) is 79.1 Å². The number of aromatic nitrogens is 4. The number of amides is 1. The number of carbonyl (C=O) groups excluding carboxylic acids is 1. The van der Waals surface area contributed by atoms with Gasteiger partial charge in [-0.3, -0.25) is 4.79 Å². The highest BCUT2D eigenvalue weighted by Crippen LogP contribution is 2.30. The minimum Gasteiger partial charge on any atom is -0.309 e. The molecule has 0 saturated heterocycles. The molecule has 4 rings (SSSR count). The molecule has 0 radical (unpaired) electrons. The van der Waals surface area contributed by atoms with Gasteiger partial charge in [-0.2, -0.15) is 28.2 Å². The van der Waals surface area contributed by atoms with E-state index in [1.807, 2.05) is 37.3 Å². The van der Waals surface area contributed by atoms with Crippen LogP contribution in [0.5, 0.6) is 0 Å². The van der Waals surface area contributed by atoms with Crippen molar-refractivity contribution in [2.24, 2.45) is 7.05 Å². The van der Waals surface area contributed by atoms with Crippen LogP contribution in [-0.2, 0) is 18.0 Å². The Morgan fingerprint density at radius 2 is 1.69 bits per heavy atom. The smallest absolute Gasteiger partial charge is 0.309 e. The molecule has 1 amide bonds. The number of carbonyl (C=O) groups is 1. The van der Waals surface area contributed by atoms with Crippen LogP contribution in [0.2, 0.25) is 0 Å². The van der Waals surface area contributed by atoms with Crippen molar-refractivity contribution < 1.29 is 18.0 Å². The van der Waals surface area contributed by atoms with Crippen LogP contribution in [0.4, 0.5) is 19.0 Å². The van der Waals surface area contributed by atoms with E-state index in [-0.39, 0.29) is 11.8 Å². The van der Waals surface area contributed by atoms with Gasteiger partial charge in [0.15, 0.2) is 0 Å². The number of alkyl halides is 3. The molecule has 2 aromatic heterocycles. The van der Waals surface area contributed by atoms with Gasteiger partial charge in [0.05, 0.1) is 11.8 Å². The molecular weight excluding hydrogens is 469 g/mol. The molecule has 2 aromatic carbocycles. The summed E-state index contributed by atoms with van der Waals surface area (Å²) in [5.41, 5.74) is 2.24. The van der Waals surface area contributed by atoms with Crippen molar-refractivity contribution in [3.8, 4) is 11.3 Å². The van der Waals surface area contributed by atoms with E-state index < -0.39 is 17.8 Å². The van der Waals surface area contributed by atoms with Gasteiger partial charge < -0.3 is 10.6 Å². The summed E-state index contributed by atoms with van der Waals surface area (Å²) in [5.74, 6) is -0.0533.